The highest BCUT2D eigenvalue weighted by Gasteiger charge is 2.21. The highest BCUT2D eigenvalue weighted by molar-refractivity contribution is 8.00. The Bertz CT molecular complexity index is 1900. The van der Waals surface area contributed by atoms with Gasteiger partial charge in [0, 0.05) is 50.6 Å². The number of thioether (sulfide) groups is 1. The number of aromatic amines is 1. The number of carbonyl (C=O) groups excluding carboxylic acids is 3. The van der Waals surface area contributed by atoms with E-state index in [0.717, 1.165) is 21.4 Å². The Morgan fingerprint density at radius 1 is 0.867 bits per heavy atom. The molecule has 2 heterocycles. The van der Waals surface area contributed by atoms with Crippen molar-refractivity contribution < 1.29 is 23.9 Å². The van der Waals surface area contributed by atoms with Crippen LogP contribution in [0.3, 0.4) is 0 Å². The number of carbonyl (C=O) groups is 3. The zero-order valence-electron chi connectivity index (χ0n) is 24.3. The molecule has 9 nitrogen and oxygen atoms in total. The Morgan fingerprint density at radius 3 is 2.49 bits per heavy atom. The van der Waals surface area contributed by atoms with E-state index < -0.39 is 11.8 Å². The Morgan fingerprint density at radius 2 is 1.64 bits per heavy atom. The van der Waals surface area contributed by atoms with Crippen molar-refractivity contribution in [1.82, 2.24) is 10.3 Å². The minimum Gasteiger partial charge on any atom is -0.454 e. The van der Waals surface area contributed by atoms with Gasteiger partial charge in [-0.3, -0.25) is 14.4 Å². The fourth-order valence-corrected chi connectivity index (χ4v) is 5.85. The number of anilines is 2. The van der Waals surface area contributed by atoms with E-state index in [0.29, 0.717) is 34.9 Å². The second-order valence-electron chi connectivity index (χ2n) is 10.2. The summed E-state index contributed by atoms with van der Waals surface area (Å²) in [6, 6.07) is 29.0. The number of benzene rings is 4. The fourth-order valence-electron chi connectivity index (χ4n) is 4.84. The zero-order valence-corrected chi connectivity index (χ0v) is 25.1. The largest absolute Gasteiger partial charge is 0.454 e. The van der Waals surface area contributed by atoms with Crippen molar-refractivity contribution in [3.05, 3.63) is 120 Å². The van der Waals surface area contributed by atoms with Crippen molar-refractivity contribution in [2.45, 2.75) is 23.5 Å². The Labute approximate surface area is 264 Å². The normalized spacial score (nSPS) is 12.9. The van der Waals surface area contributed by atoms with E-state index in [4.69, 9.17) is 9.47 Å². The van der Waals surface area contributed by atoms with Gasteiger partial charge < -0.3 is 30.4 Å². The van der Waals surface area contributed by atoms with Gasteiger partial charge >= 0.3 is 0 Å². The van der Waals surface area contributed by atoms with Crippen LogP contribution in [-0.4, -0.2) is 34.7 Å². The van der Waals surface area contributed by atoms with Crippen LogP contribution >= 0.6 is 11.8 Å². The average molecular weight is 619 g/mol. The molecule has 5 aromatic rings. The molecular formula is C35H30N4O5S. The third-order valence-electron chi connectivity index (χ3n) is 7.12. The summed E-state index contributed by atoms with van der Waals surface area (Å²) < 4.78 is 10.8. The number of fused-ring (bicyclic) bond motifs is 2. The summed E-state index contributed by atoms with van der Waals surface area (Å²) >= 11 is 1.40. The van der Waals surface area contributed by atoms with Crippen LogP contribution in [0.5, 0.6) is 11.5 Å². The molecule has 0 saturated carbocycles. The molecule has 4 N–H and O–H groups in total. The topological polar surface area (TPSA) is 122 Å². The van der Waals surface area contributed by atoms with Crippen LogP contribution in [0.15, 0.2) is 114 Å². The highest BCUT2D eigenvalue weighted by atomic mass is 32.2. The van der Waals surface area contributed by atoms with Crippen LogP contribution in [-0.2, 0) is 9.59 Å². The number of hydrogen-bond acceptors (Lipinski definition) is 6. The first-order chi connectivity index (χ1) is 22.0. The SMILES string of the molecule is CCC(Sc1cccc(NC(=O)/C(=C/c2c[nH]c3ccccc23)NC(=O)c2ccccc2)c1)C(=O)Nc1ccc2c(c1)OCO2. The van der Waals surface area contributed by atoms with E-state index in [1.54, 1.807) is 66.9 Å². The minimum atomic E-state index is -0.487. The number of aromatic nitrogens is 1. The summed E-state index contributed by atoms with van der Waals surface area (Å²) in [5.41, 5.74) is 3.33. The molecule has 1 aromatic heterocycles. The van der Waals surface area contributed by atoms with Crippen molar-refractivity contribution in [2.24, 2.45) is 0 Å². The number of ether oxygens (including phenoxy) is 2. The average Bonchev–Trinajstić information content (AvgIpc) is 3.70. The predicted octanol–water partition coefficient (Wildman–Crippen LogP) is 6.82. The maximum absolute atomic E-state index is 13.6. The van der Waals surface area contributed by atoms with Gasteiger partial charge in [-0.05, 0) is 61.0 Å². The molecular weight excluding hydrogens is 588 g/mol. The lowest BCUT2D eigenvalue weighted by molar-refractivity contribution is -0.116. The van der Waals surface area contributed by atoms with E-state index in [1.165, 1.54) is 11.8 Å². The van der Waals surface area contributed by atoms with Crippen LogP contribution < -0.4 is 25.4 Å². The Hall–Kier alpha value is -5.48. The molecule has 1 aliphatic heterocycles. The van der Waals surface area contributed by atoms with E-state index in [2.05, 4.69) is 20.9 Å². The van der Waals surface area contributed by atoms with Crippen molar-refractivity contribution in [2.75, 3.05) is 17.4 Å². The first-order valence-corrected chi connectivity index (χ1v) is 15.3. The maximum atomic E-state index is 13.6. The molecule has 1 aliphatic rings. The number of H-pyrrole nitrogens is 1. The van der Waals surface area contributed by atoms with Gasteiger partial charge in [-0.25, -0.2) is 0 Å². The molecule has 0 radical (unpaired) electrons. The maximum Gasteiger partial charge on any atom is 0.272 e. The lowest BCUT2D eigenvalue weighted by atomic mass is 10.1. The summed E-state index contributed by atoms with van der Waals surface area (Å²) in [6.07, 6.45) is 4.03. The molecule has 0 saturated heterocycles. The molecule has 0 aliphatic carbocycles. The molecule has 0 spiro atoms. The molecule has 4 aromatic carbocycles. The Balaban J connectivity index is 1.18. The minimum absolute atomic E-state index is 0.0844. The first-order valence-electron chi connectivity index (χ1n) is 14.4. The van der Waals surface area contributed by atoms with Gasteiger partial charge in [0.15, 0.2) is 11.5 Å². The molecule has 6 rings (SSSR count). The van der Waals surface area contributed by atoms with E-state index >= 15 is 0 Å². The number of amides is 3. The van der Waals surface area contributed by atoms with Crippen LogP contribution in [0, 0.1) is 0 Å². The highest BCUT2D eigenvalue weighted by Crippen LogP contribution is 2.35. The van der Waals surface area contributed by atoms with Crippen LogP contribution in [0.25, 0.3) is 17.0 Å². The summed E-state index contributed by atoms with van der Waals surface area (Å²) in [7, 11) is 0. The van der Waals surface area contributed by atoms with Crippen molar-refractivity contribution in [1.29, 1.82) is 0 Å². The van der Waals surface area contributed by atoms with Crippen molar-refractivity contribution in [3.8, 4) is 11.5 Å². The van der Waals surface area contributed by atoms with Crippen LogP contribution in [0.4, 0.5) is 11.4 Å². The third kappa shape index (κ3) is 7.02. The van der Waals surface area contributed by atoms with Crippen LogP contribution in [0.1, 0.15) is 29.3 Å². The van der Waals surface area contributed by atoms with Crippen LogP contribution in [0.2, 0.25) is 0 Å². The summed E-state index contributed by atoms with van der Waals surface area (Å²) in [5, 5.41) is 9.19. The van der Waals surface area contributed by atoms with Gasteiger partial charge in [-0.15, -0.1) is 11.8 Å². The molecule has 0 fully saturated rings. The van der Waals surface area contributed by atoms with E-state index in [-0.39, 0.29) is 23.6 Å². The summed E-state index contributed by atoms with van der Waals surface area (Å²) in [5.74, 6) is 0.200. The second-order valence-corrected chi connectivity index (χ2v) is 11.5. The Kier molecular flexibility index (Phi) is 8.84. The zero-order chi connectivity index (χ0) is 31.2. The molecule has 226 valence electrons. The van der Waals surface area contributed by atoms with E-state index in [9.17, 15) is 14.4 Å². The smallest absolute Gasteiger partial charge is 0.272 e. The third-order valence-corrected chi connectivity index (χ3v) is 8.48. The monoisotopic (exact) mass is 618 g/mol. The summed E-state index contributed by atoms with van der Waals surface area (Å²) in [6.45, 7) is 2.10. The number of nitrogens with one attached hydrogen (secondary N) is 4. The number of rotatable bonds is 10. The van der Waals surface area contributed by atoms with Gasteiger partial charge in [0.25, 0.3) is 11.8 Å². The molecule has 3 amide bonds. The predicted molar refractivity (Wildman–Crippen MR) is 176 cm³/mol. The molecule has 0 bridgehead atoms. The van der Waals surface area contributed by atoms with Gasteiger partial charge in [-0.1, -0.05) is 49.4 Å². The van der Waals surface area contributed by atoms with Gasteiger partial charge in [-0.2, -0.15) is 0 Å². The number of para-hydroxylation sites is 1. The molecule has 10 heteroatoms. The molecule has 45 heavy (non-hydrogen) atoms. The van der Waals surface area contributed by atoms with E-state index in [1.807, 2.05) is 49.4 Å². The lowest BCUT2D eigenvalue weighted by Gasteiger charge is -2.16. The summed E-state index contributed by atoms with van der Waals surface area (Å²) in [4.78, 5) is 43.8. The van der Waals surface area contributed by atoms with Gasteiger partial charge in [0.05, 0.1) is 5.25 Å². The standard InChI is InChI=1S/C35H30N4O5S/c1-2-32(35(42)38-25-15-16-30-31(19-25)44-21-43-30)45-26-12-8-11-24(18-26)37-34(41)29(39-33(40)22-9-4-3-5-10-22)17-23-20-36-28-14-7-6-13-27(23)28/h3-20,32,36H,2,21H2,1H3,(H,37,41)(H,38,42)(H,39,40)/b29-17-. The van der Waals surface area contributed by atoms with Crippen molar-refractivity contribution >= 4 is 57.8 Å². The fraction of sp³-hybridized carbons (Fsp3) is 0.114. The second kappa shape index (κ2) is 13.4. The van der Waals surface area contributed by atoms with Gasteiger partial charge in [0.1, 0.15) is 5.70 Å². The molecule has 1 unspecified atom stereocenters. The quantitative estimate of drug-likeness (QED) is 0.101. The van der Waals surface area contributed by atoms with Crippen molar-refractivity contribution in [3.63, 3.8) is 0 Å². The molecule has 1 atom stereocenters. The lowest BCUT2D eigenvalue weighted by Crippen LogP contribution is -2.30. The number of hydrogen-bond donors (Lipinski definition) is 4. The first kappa shape index (κ1) is 29.6. The van der Waals surface area contributed by atoms with Gasteiger partial charge in [0.2, 0.25) is 12.7 Å².